The lowest BCUT2D eigenvalue weighted by atomic mass is 10.1. The van der Waals surface area contributed by atoms with Crippen molar-refractivity contribution < 1.29 is 9.53 Å². The van der Waals surface area contributed by atoms with E-state index in [1.165, 1.54) is 0 Å². The highest BCUT2D eigenvalue weighted by molar-refractivity contribution is 6.04. The van der Waals surface area contributed by atoms with Crippen LogP contribution in [0.3, 0.4) is 0 Å². The largest absolute Gasteiger partial charge is 0.495 e. The van der Waals surface area contributed by atoms with Gasteiger partial charge in [0.15, 0.2) is 5.82 Å². The van der Waals surface area contributed by atoms with E-state index in [1.54, 1.807) is 25.3 Å². The summed E-state index contributed by atoms with van der Waals surface area (Å²) in [6.07, 6.45) is 1.01. The fourth-order valence-electron chi connectivity index (χ4n) is 2.79. The molecule has 0 aliphatic carbocycles. The number of aromatic nitrogens is 2. The number of benzene rings is 2. The first-order valence-electron chi connectivity index (χ1n) is 9.69. The fraction of sp³-hybridized carbons (Fsp3) is 0.261. The van der Waals surface area contributed by atoms with Crippen molar-refractivity contribution in [3.05, 3.63) is 66.4 Å². The van der Waals surface area contributed by atoms with Crippen molar-refractivity contribution in [3.8, 4) is 17.1 Å². The van der Waals surface area contributed by atoms with Gasteiger partial charge in [0.25, 0.3) is 5.91 Å². The first kappa shape index (κ1) is 20.3. The van der Waals surface area contributed by atoms with Gasteiger partial charge in [-0.15, -0.1) is 0 Å². The molecular weight excluding hydrogens is 364 g/mol. The van der Waals surface area contributed by atoms with E-state index in [0.717, 1.165) is 18.5 Å². The predicted molar refractivity (Wildman–Crippen MR) is 116 cm³/mol. The van der Waals surface area contributed by atoms with E-state index >= 15 is 0 Å². The molecule has 0 saturated heterocycles. The van der Waals surface area contributed by atoms with E-state index in [0.29, 0.717) is 29.0 Å². The Hall–Kier alpha value is -3.41. The van der Waals surface area contributed by atoms with E-state index in [1.807, 2.05) is 42.5 Å². The van der Waals surface area contributed by atoms with Gasteiger partial charge in [-0.3, -0.25) is 4.79 Å². The summed E-state index contributed by atoms with van der Waals surface area (Å²) >= 11 is 0. The number of anilines is 2. The molecule has 0 saturated carbocycles. The number of para-hydroxylation sites is 2. The minimum atomic E-state index is -0.319. The maximum Gasteiger partial charge on any atom is 0.274 e. The second kappa shape index (κ2) is 9.68. The third kappa shape index (κ3) is 5.54. The molecule has 0 atom stereocenters. The molecule has 3 rings (SSSR count). The van der Waals surface area contributed by atoms with Crippen LogP contribution >= 0.6 is 0 Å². The van der Waals surface area contributed by atoms with E-state index in [-0.39, 0.29) is 11.6 Å². The molecule has 0 radical (unpaired) electrons. The molecule has 0 aliphatic heterocycles. The number of ether oxygens (including phenoxy) is 1. The number of amides is 1. The molecule has 0 unspecified atom stereocenters. The van der Waals surface area contributed by atoms with Gasteiger partial charge in [0, 0.05) is 18.2 Å². The summed E-state index contributed by atoms with van der Waals surface area (Å²) in [5, 5.41) is 6.19. The molecule has 0 aliphatic rings. The van der Waals surface area contributed by atoms with Crippen molar-refractivity contribution in [1.29, 1.82) is 0 Å². The number of rotatable bonds is 8. The molecule has 150 valence electrons. The smallest absolute Gasteiger partial charge is 0.274 e. The highest BCUT2D eigenvalue weighted by Crippen LogP contribution is 2.24. The minimum Gasteiger partial charge on any atom is -0.495 e. The minimum absolute atomic E-state index is 0.289. The molecule has 0 spiro atoms. The number of nitrogens with zero attached hydrogens (tertiary/aromatic N) is 2. The Balaban J connectivity index is 1.90. The average molecular weight is 390 g/mol. The highest BCUT2D eigenvalue weighted by atomic mass is 16.5. The summed E-state index contributed by atoms with van der Waals surface area (Å²) in [7, 11) is 1.57. The summed E-state index contributed by atoms with van der Waals surface area (Å²) < 4.78 is 5.31. The molecule has 1 aromatic heterocycles. The Kier molecular flexibility index (Phi) is 6.79. The zero-order chi connectivity index (χ0) is 20.6. The summed E-state index contributed by atoms with van der Waals surface area (Å²) in [6.45, 7) is 5.11. The van der Waals surface area contributed by atoms with Crippen LogP contribution in [0.2, 0.25) is 0 Å². The third-order valence-corrected chi connectivity index (χ3v) is 4.37. The standard InChI is InChI=1S/C23H26N4O2/c1-16(2)13-14-24-21-15-19(25-22(27-21)17-9-5-4-6-10-17)23(28)26-18-11-7-8-12-20(18)29-3/h4-12,15-16H,13-14H2,1-3H3,(H,26,28)(H,24,25,27). The third-order valence-electron chi connectivity index (χ3n) is 4.37. The van der Waals surface area contributed by atoms with Crippen LogP contribution in [-0.4, -0.2) is 29.5 Å². The molecule has 2 N–H and O–H groups in total. The lowest BCUT2D eigenvalue weighted by Gasteiger charge is -2.12. The van der Waals surface area contributed by atoms with Gasteiger partial charge in [0.2, 0.25) is 0 Å². The van der Waals surface area contributed by atoms with Gasteiger partial charge in [0.05, 0.1) is 12.8 Å². The van der Waals surface area contributed by atoms with Gasteiger partial charge in [-0.25, -0.2) is 9.97 Å². The summed E-state index contributed by atoms with van der Waals surface area (Å²) in [5.74, 6) is 1.98. The number of hydrogen-bond donors (Lipinski definition) is 2. The van der Waals surface area contributed by atoms with Gasteiger partial charge in [0.1, 0.15) is 17.3 Å². The SMILES string of the molecule is COc1ccccc1NC(=O)c1cc(NCCC(C)C)nc(-c2ccccc2)n1. The van der Waals surface area contributed by atoms with Crippen LogP contribution in [0.25, 0.3) is 11.4 Å². The maximum atomic E-state index is 12.9. The van der Waals surface area contributed by atoms with Crippen molar-refractivity contribution in [2.45, 2.75) is 20.3 Å². The molecule has 0 bridgehead atoms. The topological polar surface area (TPSA) is 76.1 Å². The van der Waals surface area contributed by atoms with E-state index in [4.69, 9.17) is 4.74 Å². The normalized spacial score (nSPS) is 10.6. The molecule has 3 aromatic rings. The first-order valence-corrected chi connectivity index (χ1v) is 9.69. The maximum absolute atomic E-state index is 12.9. The molecule has 6 heteroatoms. The number of methoxy groups -OCH3 is 1. The Morgan fingerprint density at radius 3 is 2.48 bits per heavy atom. The number of hydrogen-bond acceptors (Lipinski definition) is 5. The number of carbonyl (C=O) groups excluding carboxylic acids is 1. The number of nitrogens with one attached hydrogen (secondary N) is 2. The summed E-state index contributed by atoms with van der Waals surface area (Å²) in [4.78, 5) is 22.0. The number of carbonyl (C=O) groups is 1. The molecule has 1 heterocycles. The Labute approximate surface area is 171 Å². The van der Waals surface area contributed by atoms with Crippen molar-refractivity contribution in [2.75, 3.05) is 24.3 Å². The molecule has 29 heavy (non-hydrogen) atoms. The molecule has 0 fully saturated rings. The van der Waals surface area contributed by atoms with Gasteiger partial charge >= 0.3 is 0 Å². The lowest BCUT2D eigenvalue weighted by molar-refractivity contribution is 0.102. The van der Waals surface area contributed by atoms with Gasteiger partial charge in [-0.05, 0) is 24.5 Å². The van der Waals surface area contributed by atoms with Crippen molar-refractivity contribution in [2.24, 2.45) is 5.92 Å². The summed E-state index contributed by atoms with van der Waals surface area (Å²) in [6, 6.07) is 18.6. The van der Waals surface area contributed by atoms with Crippen molar-refractivity contribution in [3.63, 3.8) is 0 Å². The Morgan fingerprint density at radius 1 is 1.03 bits per heavy atom. The van der Waals surface area contributed by atoms with Crippen LogP contribution in [0, 0.1) is 5.92 Å². The quantitative estimate of drug-likeness (QED) is 0.574. The monoisotopic (exact) mass is 390 g/mol. The fourth-order valence-corrected chi connectivity index (χ4v) is 2.79. The molecular formula is C23H26N4O2. The van der Waals surface area contributed by atoms with Crippen LogP contribution in [0.4, 0.5) is 11.5 Å². The van der Waals surface area contributed by atoms with Crippen LogP contribution in [0.5, 0.6) is 5.75 Å². The highest BCUT2D eigenvalue weighted by Gasteiger charge is 2.15. The van der Waals surface area contributed by atoms with Crippen molar-refractivity contribution in [1.82, 2.24) is 9.97 Å². The van der Waals surface area contributed by atoms with Gasteiger partial charge in [-0.1, -0.05) is 56.3 Å². The Morgan fingerprint density at radius 2 is 1.76 bits per heavy atom. The summed E-state index contributed by atoms with van der Waals surface area (Å²) in [5.41, 5.74) is 1.73. The predicted octanol–water partition coefficient (Wildman–Crippen LogP) is 4.86. The molecule has 1 amide bonds. The van der Waals surface area contributed by atoms with E-state index < -0.39 is 0 Å². The van der Waals surface area contributed by atoms with Crippen LogP contribution < -0.4 is 15.4 Å². The second-order valence-corrected chi connectivity index (χ2v) is 7.09. The zero-order valence-corrected chi connectivity index (χ0v) is 17.0. The average Bonchev–Trinajstić information content (AvgIpc) is 2.74. The zero-order valence-electron chi connectivity index (χ0n) is 17.0. The lowest BCUT2D eigenvalue weighted by Crippen LogP contribution is -2.16. The Bertz CT molecular complexity index is 958. The van der Waals surface area contributed by atoms with Crippen molar-refractivity contribution >= 4 is 17.4 Å². The van der Waals surface area contributed by atoms with Gasteiger partial charge in [-0.2, -0.15) is 0 Å². The van der Waals surface area contributed by atoms with Crippen LogP contribution in [-0.2, 0) is 0 Å². The second-order valence-electron chi connectivity index (χ2n) is 7.09. The molecule has 2 aromatic carbocycles. The van der Waals surface area contributed by atoms with Crippen LogP contribution in [0.1, 0.15) is 30.8 Å². The van der Waals surface area contributed by atoms with E-state index in [9.17, 15) is 4.79 Å². The first-order chi connectivity index (χ1) is 14.1. The van der Waals surface area contributed by atoms with Crippen LogP contribution in [0.15, 0.2) is 60.7 Å². The van der Waals surface area contributed by atoms with Gasteiger partial charge < -0.3 is 15.4 Å². The van der Waals surface area contributed by atoms with E-state index in [2.05, 4.69) is 34.4 Å². The molecule has 6 nitrogen and oxygen atoms in total.